The van der Waals surface area contributed by atoms with E-state index in [1.54, 1.807) is 0 Å². The monoisotopic (exact) mass is 328 g/mol. The minimum absolute atomic E-state index is 0.461. The van der Waals surface area contributed by atoms with Crippen LogP contribution in [0.2, 0.25) is 0 Å². The molecule has 0 aliphatic rings. The fourth-order valence-corrected chi connectivity index (χ4v) is 3.42. The fourth-order valence-electron chi connectivity index (χ4n) is 3.42. The summed E-state index contributed by atoms with van der Waals surface area (Å²) in [5.74, 6) is 0. The largest absolute Gasteiger partial charge is 0.298 e. The molecule has 0 aliphatic carbocycles. The lowest BCUT2D eigenvalue weighted by Gasteiger charge is -2.21. The van der Waals surface area contributed by atoms with Crippen molar-refractivity contribution in [3.8, 4) is 22.3 Å². The van der Waals surface area contributed by atoms with Crippen molar-refractivity contribution in [3.05, 3.63) is 82.4 Å². The maximum atomic E-state index is 12.0. The maximum Gasteiger partial charge on any atom is 0.151 e. The summed E-state index contributed by atoms with van der Waals surface area (Å²) in [7, 11) is 0. The van der Waals surface area contributed by atoms with E-state index in [0.29, 0.717) is 11.1 Å². The first kappa shape index (κ1) is 16.8. The van der Waals surface area contributed by atoms with Crippen LogP contribution >= 0.6 is 0 Å². The van der Waals surface area contributed by atoms with E-state index in [9.17, 15) is 9.59 Å². The van der Waals surface area contributed by atoms with Crippen LogP contribution in [-0.4, -0.2) is 12.6 Å². The molecule has 0 unspecified atom stereocenters. The van der Waals surface area contributed by atoms with E-state index in [2.05, 4.69) is 19.1 Å². The normalized spacial score (nSPS) is 10.5. The molecule has 0 amide bonds. The average Bonchev–Trinajstić information content (AvgIpc) is 2.64. The van der Waals surface area contributed by atoms with Crippen LogP contribution < -0.4 is 0 Å². The number of hydrogen-bond acceptors (Lipinski definition) is 2. The van der Waals surface area contributed by atoms with Crippen LogP contribution in [-0.2, 0) is 0 Å². The summed E-state index contributed by atoms with van der Waals surface area (Å²) >= 11 is 0. The molecule has 124 valence electrons. The number of aryl methyl sites for hydroxylation is 1. The van der Waals surface area contributed by atoms with E-state index in [4.69, 9.17) is 0 Å². The second-order valence-corrected chi connectivity index (χ2v) is 6.24. The summed E-state index contributed by atoms with van der Waals surface area (Å²) in [6, 6.07) is 17.9. The third-order valence-corrected chi connectivity index (χ3v) is 4.86. The molecule has 0 aromatic heterocycles. The van der Waals surface area contributed by atoms with Gasteiger partial charge in [-0.25, -0.2) is 0 Å². The Balaban J connectivity index is 2.54. The van der Waals surface area contributed by atoms with Gasteiger partial charge in [0.2, 0.25) is 0 Å². The highest BCUT2D eigenvalue weighted by atomic mass is 16.1. The number of carbonyl (C=O) groups is 2. The fraction of sp³-hybridized carbons (Fsp3) is 0.130. The highest BCUT2D eigenvalue weighted by Crippen LogP contribution is 2.41. The van der Waals surface area contributed by atoms with E-state index in [-0.39, 0.29) is 0 Å². The number of hydrogen-bond donors (Lipinski definition) is 0. The molecule has 0 heterocycles. The molecule has 2 nitrogen and oxygen atoms in total. The van der Waals surface area contributed by atoms with Gasteiger partial charge in [0, 0.05) is 16.7 Å². The number of benzene rings is 3. The second kappa shape index (κ2) is 6.86. The zero-order valence-corrected chi connectivity index (χ0v) is 14.7. The van der Waals surface area contributed by atoms with Gasteiger partial charge in [0.05, 0.1) is 0 Å². The van der Waals surface area contributed by atoms with Crippen molar-refractivity contribution in [2.24, 2.45) is 0 Å². The van der Waals surface area contributed by atoms with Gasteiger partial charge in [-0.05, 0) is 54.2 Å². The minimum Gasteiger partial charge on any atom is -0.298 e. The van der Waals surface area contributed by atoms with Crippen LogP contribution in [0.3, 0.4) is 0 Å². The lowest BCUT2D eigenvalue weighted by atomic mass is 9.81. The smallest absolute Gasteiger partial charge is 0.151 e. The Kier molecular flexibility index (Phi) is 4.62. The van der Waals surface area contributed by atoms with Gasteiger partial charge in [-0.3, -0.25) is 9.59 Å². The number of aldehydes is 2. The lowest BCUT2D eigenvalue weighted by molar-refractivity contribution is 0.109. The first-order valence-electron chi connectivity index (χ1n) is 8.29. The Morgan fingerprint density at radius 1 is 0.640 bits per heavy atom. The third-order valence-electron chi connectivity index (χ3n) is 4.86. The molecule has 0 fully saturated rings. The van der Waals surface area contributed by atoms with Gasteiger partial charge < -0.3 is 0 Å². The van der Waals surface area contributed by atoms with Crippen molar-refractivity contribution < 1.29 is 9.59 Å². The molecule has 0 atom stereocenters. The van der Waals surface area contributed by atoms with E-state index in [1.165, 1.54) is 0 Å². The molecule has 0 aliphatic heterocycles. The van der Waals surface area contributed by atoms with Gasteiger partial charge in [-0.1, -0.05) is 54.6 Å². The van der Waals surface area contributed by atoms with Crippen molar-refractivity contribution in [2.45, 2.75) is 20.8 Å². The Hall–Kier alpha value is -3.00. The molecule has 3 aromatic rings. The first-order chi connectivity index (χ1) is 12.1. The van der Waals surface area contributed by atoms with Gasteiger partial charge in [-0.2, -0.15) is 0 Å². The van der Waals surface area contributed by atoms with E-state index < -0.39 is 0 Å². The van der Waals surface area contributed by atoms with E-state index in [1.807, 2.05) is 56.3 Å². The summed E-state index contributed by atoms with van der Waals surface area (Å²) in [4.78, 5) is 23.7. The van der Waals surface area contributed by atoms with Gasteiger partial charge in [0.15, 0.2) is 12.6 Å². The van der Waals surface area contributed by atoms with Gasteiger partial charge in [0.1, 0.15) is 0 Å². The molecular weight excluding hydrogens is 308 g/mol. The summed E-state index contributed by atoms with van der Waals surface area (Å²) in [6.45, 7) is 5.99. The molecule has 0 radical (unpaired) electrons. The zero-order chi connectivity index (χ0) is 18.0. The predicted molar refractivity (Wildman–Crippen MR) is 102 cm³/mol. The van der Waals surface area contributed by atoms with Crippen LogP contribution in [0.5, 0.6) is 0 Å². The average molecular weight is 328 g/mol. The molecule has 0 bridgehead atoms. The van der Waals surface area contributed by atoms with Crippen LogP contribution in [0.25, 0.3) is 22.3 Å². The topological polar surface area (TPSA) is 34.1 Å². The van der Waals surface area contributed by atoms with Gasteiger partial charge in [-0.15, -0.1) is 0 Å². The molecule has 0 N–H and O–H groups in total. The Morgan fingerprint density at radius 3 is 1.84 bits per heavy atom. The molecule has 2 heteroatoms. The SMILES string of the molecule is Cc1ccccc1-c1c(C)c(C)c(C=O)c(C=O)c1-c1ccccc1. The minimum atomic E-state index is 0.461. The zero-order valence-electron chi connectivity index (χ0n) is 14.7. The van der Waals surface area contributed by atoms with Crippen molar-refractivity contribution in [3.63, 3.8) is 0 Å². The Bertz CT molecular complexity index is 954. The molecular formula is C23H20O2. The summed E-state index contributed by atoms with van der Waals surface area (Å²) in [6.07, 6.45) is 1.60. The second-order valence-electron chi connectivity index (χ2n) is 6.24. The Labute approximate surface area is 148 Å². The standard InChI is InChI=1S/C23H20O2/c1-15-9-7-8-12-19(15)22-17(3)16(2)20(13-24)21(14-25)23(22)18-10-5-4-6-11-18/h4-14H,1-3H3. The van der Waals surface area contributed by atoms with Crippen LogP contribution in [0.4, 0.5) is 0 Å². The maximum absolute atomic E-state index is 12.0. The van der Waals surface area contributed by atoms with E-state index in [0.717, 1.165) is 51.5 Å². The van der Waals surface area contributed by atoms with Gasteiger partial charge in [0.25, 0.3) is 0 Å². The predicted octanol–water partition coefficient (Wildman–Crippen LogP) is 5.57. The molecule has 0 saturated heterocycles. The summed E-state index contributed by atoms with van der Waals surface area (Å²) in [5.41, 5.74) is 7.83. The molecule has 3 aromatic carbocycles. The Morgan fingerprint density at radius 2 is 1.24 bits per heavy atom. The third kappa shape index (κ3) is 2.80. The van der Waals surface area contributed by atoms with E-state index >= 15 is 0 Å². The highest BCUT2D eigenvalue weighted by Gasteiger charge is 2.22. The summed E-state index contributed by atoms with van der Waals surface area (Å²) in [5, 5.41) is 0. The van der Waals surface area contributed by atoms with Gasteiger partial charge >= 0.3 is 0 Å². The van der Waals surface area contributed by atoms with Crippen LogP contribution in [0.1, 0.15) is 37.4 Å². The highest BCUT2D eigenvalue weighted by molar-refractivity contribution is 6.05. The molecule has 25 heavy (non-hydrogen) atoms. The molecule has 3 rings (SSSR count). The van der Waals surface area contributed by atoms with Crippen LogP contribution in [0.15, 0.2) is 54.6 Å². The quantitative estimate of drug-likeness (QED) is 0.587. The van der Waals surface area contributed by atoms with Crippen molar-refractivity contribution in [2.75, 3.05) is 0 Å². The number of rotatable bonds is 4. The molecule has 0 spiro atoms. The lowest BCUT2D eigenvalue weighted by Crippen LogP contribution is -2.05. The van der Waals surface area contributed by atoms with Crippen molar-refractivity contribution in [1.82, 2.24) is 0 Å². The summed E-state index contributed by atoms with van der Waals surface area (Å²) < 4.78 is 0. The van der Waals surface area contributed by atoms with Crippen molar-refractivity contribution >= 4 is 12.6 Å². The van der Waals surface area contributed by atoms with Crippen LogP contribution in [0, 0.1) is 20.8 Å². The first-order valence-corrected chi connectivity index (χ1v) is 8.29. The number of carbonyl (C=O) groups excluding carboxylic acids is 2. The molecule has 0 saturated carbocycles. The van der Waals surface area contributed by atoms with Crippen molar-refractivity contribution in [1.29, 1.82) is 0 Å².